The number of nitrogens with one attached hydrogen (secondary N) is 2. The number of hydrogen-bond donors (Lipinski definition) is 2. The van der Waals surface area contributed by atoms with Gasteiger partial charge < -0.3 is 10.2 Å². The minimum atomic E-state index is -0.108. The summed E-state index contributed by atoms with van der Waals surface area (Å²) in [5, 5.41) is 9.97. The highest BCUT2D eigenvalue weighted by Crippen LogP contribution is 2.24. The molecule has 6 nitrogen and oxygen atoms in total. The van der Waals surface area contributed by atoms with Crippen LogP contribution in [0.5, 0.6) is 0 Å². The van der Waals surface area contributed by atoms with Crippen molar-refractivity contribution < 1.29 is 9.59 Å². The molecule has 24 heavy (non-hydrogen) atoms. The molecule has 126 valence electrons. The van der Waals surface area contributed by atoms with Gasteiger partial charge in [-0.05, 0) is 31.4 Å². The molecule has 1 aliphatic rings. The maximum atomic E-state index is 12.8. The molecule has 1 aliphatic heterocycles. The molecule has 2 N–H and O–H groups in total. The van der Waals surface area contributed by atoms with Crippen LogP contribution in [0.25, 0.3) is 0 Å². The summed E-state index contributed by atoms with van der Waals surface area (Å²) in [6.45, 7) is 4.46. The van der Waals surface area contributed by atoms with E-state index in [-0.39, 0.29) is 24.4 Å². The fourth-order valence-electron chi connectivity index (χ4n) is 3.19. The number of amides is 2. The van der Waals surface area contributed by atoms with Crippen molar-refractivity contribution in [3.63, 3.8) is 0 Å². The van der Waals surface area contributed by atoms with Crippen molar-refractivity contribution >= 4 is 11.8 Å². The Labute approximate surface area is 141 Å². The maximum Gasteiger partial charge on any atom is 0.239 e. The normalized spacial score (nSPS) is 17.7. The Kier molecular flexibility index (Phi) is 4.64. The molecule has 2 aromatic rings. The van der Waals surface area contributed by atoms with E-state index in [9.17, 15) is 9.59 Å². The van der Waals surface area contributed by atoms with Crippen molar-refractivity contribution in [3.8, 4) is 0 Å². The number of hydrogen-bond acceptors (Lipinski definition) is 3. The lowest BCUT2D eigenvalue weighted by atomic mass is 10.0. The number of rotatable bonds is 4. The molecular weight excluding hydrogens is 304 g/mol. The summed E-state index contributed by atoms with van der Waals surface area (Å²) in [4.78, 5) is 26.2. The van der Waals surface area contributed by atoms with Gasteiger partial charge in [0.2, 0.25) is 11.8 Å². The van der Waals surface area contributed by atoms with Crippen LogP contribution in [-0.2, 0) is 16.0 Å². The van der Waals surface area contributed by atoms with Crippen molar-refractivity contribution in [3.05, 3.63) is 52.8 Å². The monoisotopic (exact) mass is 326 g/mol. The van der Waals surface area contributed by atoms with Crippen LogP contribution >= 0.6 is 0 Å². The third kappa shape index (κ3) is 3.32. The number of carbonyl (C=O) groups excluding carboxylic acids is 2. The van der Waals surface area contributed by atoms with Gasteiger partial charge in [-0.25, -0.2) is 0 Å². The Hall–Kier alpha value is -2.63. The molecule has 0 spiro atoms. The van der Waals surface area contributed by atoms with Gasteiger partial charge in [-0.15, -0.1) is 0 Å². The van der Waals surface area contributed by atoms with Gasteiger partial charge >= 0.3 is 0 Å². The van der Waals surface area contributed by atoms with E-state index in [1.165, 1.54) is 0 Å². The van der Waals surface area contributed by atoms with Gasteiger partial charge in [0.15, 0.2) is 0 Å². The molecule has 1 atom stereocenters. The third-order valence-corrected chi connectivity index (χ3v) is 4.56. The van der Waals surface area contributed by atoms with Crippen LogP contribution in [0.4, 0.5) is 0 Å². The zero-order valence-electron chi connectivity index (χ0n) is 14.0. The highest BCUT2D eigenvalue weighted by atomic mass is 16.2. The van der Waals surface area contributed by atoms with Gasteiger partial charge in [0.1, 0.15) is 6.54 Å². The number of piperazine rings is 1. The molecule has 2 heterocycles. The third-order valence-electron chi connectivity index (χ3n) is 4.56. The van der Waals surface area contributed by atoms with Crippen molar-refractivity contribution in [2.45, 2.75) is 32.7 Å². The van der Waals surface area contributed by atoms with Crippen LogP contribution in [-0.4, -0.2) is 40.0 Å². The quantitative estimate of drug-likeness (QED) is 0.897. The number of benzene rings is 1. The molecule has 3 rings (SSSR count). The van der Waals surface area contributed by atoms with Crippen LogP contribution in [0, 0.1) is 13.8 Å². The molecule has 0 saturated carbocycles. The van der Waals surface area contributed by atoms with Crippen LogP contribution < -0.4 is 5.32 Å². The second kappa shape index (κ2) is 6.86. The van der Waals surface area contributed by atoms with Crippen LogP contribution in [0.1, 0.15) is 35.0 Å². The topological polar surface area (TPSA) is 78.1 Å². The number of carbonyl (C=O) groups is 2. The molecule has 1 saturated heterocycles. The lowest BCUT2D eigenvalue weighted by molar-refractivity contribution is -0.141. The van der Waals surface area contributed by atoms with E-state index in [0.717, 1.165) is 22.5 Å². The summed E-state index contributed by atoms with van der Waals surface area (Å²) >= 11 is 0. The largest absolute Gasteiger partial charge is 0.352 e. The van der Waals surface area contributed by atoms with Crippen LogP contribution in [0.15, 0.2) is 30.3 Å². The van der Waals surface area contributed by atoms with Crippen molar-refractivity contribution in [1.82, 2.24) is 20.4 Å². The Balaban J connectivity index is 1.74. The standard InChI is InChI=1S/C18H22N4O2/c1-12-15(13(2)21-20-12)8-9-18(24)22-11-17(23)19-10-16(22)14-6-4-3-5-7-14/h3-7,16H,8-11H2,1-2H3,(H,19,23)(H,20,21). The summed E-state index contributed by atoms with van der Waals surface area (Å²) in [6, 6.07) is 9.73. The Morgan fingerprint density at radius 2 is 2.04 bits per heavy atom. The molecule has 6 heteroatoms. The molecule has 1 aromatic heterocycles. The highest BCUT2D eigenvalue weighted by molar-refractivity contribution is 5.86. The number of aryl methyl sites for hydroxylation is 2. The highest BCUT2D eigenvalue weighted by Gasteiger charge is 2.31. The van der Waals surface area contributed by atoms with E-state index in [2.05, 4.69) is 15.5 Å². The first-order chi connectivity index (χ1) is 11.6. The molecule has 1 fully saturated rings. The fourth-order valence-corrected chi connectivity index (χ4v) is 3.19. The van der Waals surface area contributed by atoms with Gasteiger partial charge in [0.25, 0.3) is 0 Å². The van der Waals surface area contributed by atoms with Crippen molar-refractivity contribution in [1.29, 1.82) is 0 Å². The Morgan fingerprint density at radius 1 is 1.29 bits per heavy atom. The zero-order chi connectivity index (χ0) is 17.1. The second-order valence-electron chi connectivity index (χ2n) is 6.16. The van der Waals surface area contributed by atoms with Gasteiger partial charge in [0.05, 0.1) is 11.7 Å². The smallest absolute Gasteiger partial charge is 0.239 e. The number of H-pyrrole nitrogens is 1. The van der Waals surface area contributed by atoms with E-state index in [0.29, 0.717) is 19.4 Å². The van der Waals surface area contributed by atoms with Crippen molar-refractivity contribution in [2.24, 2.45) is 0 Å². The Bertz CT molecular complexity index is 719. The molecule has 2 amide bonds. The summed E-state index contributed by atoms with van der Waals surface area (Å²) in [6.07, 6.45) is 1.00. The maximum absolute atomic E-state index is 12.8. The molecular formula is C18H22N4O2. The van der Waals surface area contributed by atoms with E-state index >= 15 is 0 Å². The van der Waals surface area contributed by atoms with Gasteiger partial charge in [0, 0.05) is 18.7 Å². The molecule has 0 bridgehead atoms. The van der Waals surface area contributed by atoms with E-state index in [1.807, 2.05) is 44.2 Å². The van der Waals surface area contributed by atoms with E-state index in [4.69, 9.17) is 0 Å². The summed E-state index contributed by atoms with van der Waals surface area (Å²) in [7, 11) is 0. The zero-order valence-corrected chi connectivity index (χ0v) is 14.0. The first-order valence-corrected chi connectivity index (χ1v) is 8.18. The van der Waals surface area contributed by atoms with Crippen LogP contribution in [0.2, 0.25) is 0 Å². The van der Waals surface area contributed by atoms with Crippen molar-refractivity contribution in [2.75, 3.05) is 13.1 Å². The first-order valence-electron chi connectivity index (χ1n) is 8.18. The number of aromatic amines is 1. The molecule has 1 unspecified atom stereocenters. The van der Waals surface area contributed by atoms with Gasteiger partial charge in [-0.1, -0.05) is 30.3 Å². The summed E-state index contributed by atoms with van der Waals surface area (Å²) in [5.41, 5.74) is 4.05. The number of nitrogens with zero attached hydrogens (tertiary/aromatic N) is 2. The second-order valence-corrected chi connectivity index (χ2v) is 6.16. The molecule has 1 aromatic carbocycles. The number of aromatic nitrogens is 2. The minimum absolute atomic E-state index is 0.00120. The fraction of sp³-hybridized carbons (Fsp3) is 0.389. The molecule has 0 radical (unpaired) electrons. The van der Waals surface area contributed by atoms with E-state index in [1.54, 1.807) is 4.90 Å². The SMILES string of the molecule is Cc1n[nH]c(C)c1CCC(=O)N1CC(=O)NCC1c1ccccc1. The predicted octanol–water partition coefficient (Wildman–Crippen LogP) is 1.66. The minimum Gasteiger partial charge on any atom is -0.352 e. The lowest BCUT2D eigenvalue weighted by Crippen LogP contribution is -2.51. The molecule has 0 aliphatic carbocycles. The predicted molar refractivity (Wildman–Crippen MR) is 90.3 cm³/mol. The first kappa shape index (κ1) is 16.2. The van der Waals surface area contributed by atoms with Gasteiger partial charge in [-0.2, -0.15) is 5.10 Å². The van der Waals surface area contributed by atoms with Gasteiger partial charge in [-0.3, -0.25) is 14.7 Å². The van der Waals surface area contributed by atoms with E-state index < -0.39 is 0 Å². The average Bonchev–Trinajstić information content (AvgIpc) is 2.91. The summed E-state index contributed by atoms with van der Waals surface area (Å²) in [5.74, 6) is -0.107. The summed E-state index contributed by atoms with van der Waals surface area (Å²) < 4.78 is 0. The lowest BCUT2D eigenvalue weighted by Gasteiger charge is -2.36. The Morgan fingerprint density at radius 3 is 2.71 bits per heavy atom. The average molecular weight is 326 g/mol. The van der Waals surface area contributed by atoms with Crippen LogP contribution in [0.3, 0.4) is 0 Å².